The second-order valence-corrected chi connectivity index (χ2v) is 14.6. The van der Waals surface area contributed by atoms with Crippen molar-refractivity contribution < 1.29 is 31.4 Å². The third kappa shape index (κ3) is 6.25. The summed E-state index contributed by atoms with van der Waals surface area (Å²) in [7, 11) is -4.53. The molecule has 3 heterocycles. The summed E-state index contributed by atoms with van der Waals surface area (Å²) >= 11 is 0. The minimum atomic E-state index is -3.98. The number of sulfonamides is 2. The van der Waals surface area contributed by atoms with E-state index in [-0.39, 0.29) is 42.1 Å². The van der Waals surface area contributed by atoms with E-state index < -0.39 is 37.2 Å². The number of nitrogens with one attached hydrogen (secondary N) is 2. The summed E-state index contributed by atoms with van der Waals surface area (Å²) in [5.41, 5.74) is -0.301. The van der Waals surface area contributed by atoms with E-state index in [0.29, 0.717) is 42.5 Å². The number of aryl methyl sites for hydroxylation is 1. The van der Waals surface area contributed by atoms with E-state index in [1.807, 2.05) is 0 Å². The summed E-state index contributed by atoms with van der Waals surface area (Å²) in [5, 5.41) is 14.1. The Kier molecular flexibility index (Phi) is 8.77. The summed E-state index contributed by atoms with van der Waals surface area (Å²) in [6.45, 7) is 1.11. The molecule has 2 saturated heterocycles. The van der Waals surface area contributed by atoms with Crippen LogP contribution >= 0.6 is 0 Å². The van der Waals surface area contributed by atoms with E-state index >= 15 is 0 Å². The molecule has 5 rings (SSSR count). The van der Waals surface area contributed by atoms with Crippen molar-refractivity contribution in [3.8, 4) is 5.75 Å². The maximum Gasteiger partial charge on any atom is 0.248 e. The van der Waals surface area contributed by atoms with Crippen molar-refractivity contribution >= 4 is 30.9 Å². The van der Waals surface area contributed by atoms with Crippen LogP contribution in [-0.2, 0) is 31.8 Å². The number of para-hydroxylation sites is 1. The Balaban J connectivity index is 1.13. The first kappa shape index (κ1) is 30.6. The van der Waals surface area contributed by atoms with Crippen LogP contribution in [0.1, 0.15) is 19.3 Å². The summed E-state index contributed by atoms with van der Waals surface area (Å²) < 4.78 is 68.0. The Morgan fingerprint density at radius 3 is 2.60 bits per heavy atom. The van der Waals surface area contributed by atoms with Gasteiger partial charge in [0.25, 0.3) is 0 Å². The van der Waals surface area contributed by atoms with Crippen molar-refractivity contribution in [2.75, 3.05) is 39.9 Å². The number of rotatable bonds is 10. The van der Waals surface area contributed by atoms with Gasteiger partial charge in [0, 0.05) is 50.4 Å². The standard InChI is InChI=1S/C28H36N4O8S2/c1-29-41(35,36)23-7-5-6-22(14-23)39-19-21(33)16-30-20-15-28(40-18-20)10-12-32(13-11-28)42(37,38)26-17-31(2)25-9-4-3-8-24(25)27(26)34/h3-9,14,17,20-21,29-30,33H,10-13,15-16,18-19H2,1-2H3/t20-,21?/m1/s1. The topological polar surface area (TPSA) is 156 Å². The lowest BCUT2D eigenvalue weighted by Gasteiger charge is -2.38. The van der Waals surface area contributed by atoms with Gasteiger partial charge in [-0.25, -0.2) is 21.6 Å². The summed E-state index contributed by atoms with van der Waals surface area (Å²) in [4.78, 5) is 12.9. The van der Waals surface area contributed by atoms with Crippen LogP contribution in [0, 0.1) is 0 Å². The fraction of sp³-hybridized carbons (Fsp3) is 0.464. The van der Waals surface area contributed by atoms with E-state index in [2.05, 4.69) is 10.0 Å². The monoisotopic (exact) mass is 620 g/mol. The van der Waals surface area contributed by atoms with Crippen molar-refractivity contribution in [1.29, 1.82) is 0 Å². The number of nitrogens with zero attached hydrogens (tertiary/aromatic N) is 2. The molecule has 0 amide bonds. The Morgan fingerprint density at radius 2 is 1.86 bits per heavy atom. The molecule has 2 aromatic carbocycles. The van der Waals surface area contributed by atoms with Crippen LogP contribution in [0.15, 0.2) is 69.3 Å². The Bertz CT molecular complexity index is 1720. The van der Waals surface area contributed by atoms with Crippen LogP contribution in [0.5, 0.6) is 5.75 Å². The summed E-state index contributed by atoms with van der Waals surface area (Å²) in [6, 6.07) is 13.0. The molecule has 14 heteroatoms. The van der Waals surface area contributed by atoms with Crippen LogP contribution in [-0.4, -0.2) is 88.5 Å². The highest BCUT2D eigenvalue weighted by atomic mass is 32.2. The van der Waals surface area contributed by atoms with Gasteiger partial charge in [0.05, 0.1) is 22.6 Å². The largest absolute Gasteiger partial charge is 0.491 e. The number of aliphatic hydroxyl groups excluding tert-OH is 1. The zero-order valence-electron chi connectivity index (χ0n) is 23.5. The first-order chi connectivity index (χ1) is 19.9. The molecule has 0 saturated carbocycles. The average molecular weight is 621 g/mol. The van der Waals surface area contributed by atoms with Gasteiger partial charge in [-0.05, 0) is 50.6 Å². The molecule has 0 aliphatic carbocycles. The lowest BCUT2D eigenvalue weighted by atomic mass is 9.88. The number of fused-ring (bicyclic) bond motifs is 1. The minimum absolute atomic E-state index is 0.0281. The SMILES string of the molecule is CNS(=O)(=O)c1cccc(OCC(O)CN[C@H]2COC3(CCN(S(=O)(=O)c4cn(C)c5ccccc5c4=O)CC3)C2)c1. The highest BCUT2D eigenvalue weighted by Crippen LogP contribution is 2.37. The molecule has 2 atom stereocenters. The number of pyridine rings is 1. The third-order valence-corrected chi connectivity index (χ3v) is 11.3. The molecule has 228 valence electrons. The highest BCUT2D eigenvalue weighted by molar-refractivity contribution is 7.89. The van der Waals surface area contributed by atoms with Gasteiger partial charge in [0.15, 0.2) is 0 Å². The molecule has 2 aliphatic heterocycles. The molecule has 0 bridgehead atoms. The molecule has 42 heavy (non-hydrogen) atoms. The Hall–Kier alpha value is -2.85. The second-order valence-electron chi connectivity index (χ2n) is 10.8. The summed E-state index contributed by atoms with van der Waals surface area (Å²) in [5.74, 6) is 0.330. The Morgan fingerprint density at radius 1 is 1.12 bits per heavy atom. The molecular formula is C28H36N4O8S2. The van der Waals surface area contributed by atoms with Crippen LogP contribution in [0.25, 0.3) is 10.9 Å². The van der Waals surface area contributed by atoms with E-state index in [1.54, 1.807) is 48.0 Å². The minimum Gasteiger partial charge on any atom is -0.491 e. The molecular weight excluding hydrogens is 584 g/mol. The van der Waals surface area contributed by atoms with Gasteiger partial charge in [0.1, 0.15) is 23.4 Å². The van der Waals surface area contributed by atoms with Gasteiger partial charge >= 0.3 is 0 Å². The fourth-order valence-electron chi connectivity index (χ4n) is 5.59. The van der Waals surface area contributed by atoms with Gasteiger partial charge in [0.2, 0.25) is 25.5 Å². The Labute approximate surface area is 245 Å². The van der Waals surface area contributed by atoms with Crippen LogP contribution < -0.4 is 20.2 Å². The van der Waals surface area contributed by atoms with Crippen molar-refractivity contribution in [2.24, 2.45) is 7.05 Å². The number of benzene rings is 2. The van der Waals surface area contributed by atoms with E-state index in [4.69, 9.17) is 9.47 Å². The summed E-state index contributed by atoms with van der Waals surface area (Å²) in [6.07, 6.45) is 2.21. The molecule has 1 unspecified atom stereocenters. The maximum atomic E-state index is 13.5. The number of aliphatic hydroxyl groups is 1. The van der Waals surface area contributed by atoms with Gasteiger partial charge in [-0.2, -0.15) is 4.31 Å². The van der Waals surface area contributed by atoms with Crippen LogP contribution in [0.3, 0.4) is 0 Å². The first-order valence-electron chi connectivity index (χ1n) is 13.7. The number of piperidine rings is 1. The van der Waals surface area contributed by atoms with Crippen molar-refractivity contribution in [1.82, 2.24) is 18.9 Å². The van der Waals surface area contributed by atoms with Crippen molar-refractivity contribution in [2.45, 2.75) is 46.8 Å². The normalized spacial score (nSPS) is 20.2. The van der Waals surface area contributed by atoms with Crippen LogP contribution in [0.2, 0.25) is 0 Å². The number of ether oxygens (including phenoxy) is 2. The number of hydrogen-bond acceptors (Lipinski definition) is 9. The number of aromatic nitrogens is 1. The van der Waals surface area contributed by atoms with Crippen molar-refractivity contribution in [3.63, 3.8) is 0 Å². The smallest absolute Gasteiger partial charge is 0.248 e. The number of hydrogen-bond donors (Lipinski definition) is 3. The zero-order chi connectivity index (χ0) is 30.1. The lowest BCUT2D eigenvalue weighted by Crippen LogP contribution is -2.47. The average Bonchev–Trinajstić information content (AvgIpc) is 3.39. The highest BCUT2D eigenvalue weighted by Gasteiger charge is 2.45. The predicted octanol–water partition coefficient (Wildman–Crippen LogP) is 0.788. The maximum absolute atomic E-state index is 13.5. The van der Waals surface area contributed by atoms with E-state index in [9.17, 15) is 26.7 Å². The van der Waals surface area contributed by atoms with Gasteiger partial charge in [-0.3, -0.25) is 4.79 Å². The van der Waals surface area contributed by atoms with Crippen molar-refractivity contribution in [3.05, 3.63) is 65.0 Å². The molecule has 3 N–H and O–H groups in total. The molecule has 3 aromatic rings. The van der Waals surface area contributed by atoms with E-state index in [0.717, 1.165) is 0 Å². The second kappa shape index (κ2) is 12.0. The van der Waals surface area contributed by atoms with Gasteiger partial charge < -0.3 is 24.5 Å². The quantitative estimate of drug-likeness (QED) is 0.298. The molecule has 2 aliphatic rings. The molecule has 12 nitrogen and oxygen atoms in total. The van der Waals surface area contributed by atoms with Crippen LogP contribution in [0.4, 0.5) is 0 Å². The predicted molar refractivity (Wildman–Crippen MR) is 156 cm³/mol. The van der Waals surface area contributed by atoms with Gasteiger partial charge in [-0.1, -0.05) is 18.2 Å². The molecule has 1 spiro atoms. The molecule has 1 aromatic heterocycles. The molecule has 0 radical (unpaired) electrons. The third-order valence-electron chi connectivity index (χ3n) is 7.99. The fourth-order valence-corrected chi connectivity index (χ4v) is 7.94. The lowest BCUT2D eigenvalue weighted by molar-refractivity contribution is -0.0312. The molecule has 2 fully saturated rings. The first-order valence-corrected chi connectivity index (χ1v) is 16.7. The van der Waals surface area contributed by atoms with E-state index in [1.165, 1.54) is 29.7 Å². The zero-order valence-corrected chi connectivity index (χ0v) is 25.2. The van der Waals surface area contributed by atoms with Gasteiger partial charge in [-0.15, -0.1) is 0 Å².